The van der Waals surface area contributed by atoms with Crippen molar-refractivity contribution in [1.82, 2.24) is 4.90 Å². The van der Waals surface area contributed by atoms with Crippen LogP contribution in [0.3, 0.4) is 0 Å². The van der Waals surface area contributed by atoms with Gasteiger partial charge in [0.1, 0.15) is 0 Å². The number of carbonyl (C=O) groups excluding carboxylic acids is 1. The SMILES string of the molecule is CCN(CC)c1ccc(NC(=O)C(C)N2CCCCCC2)cc1. The van der Waals surface area contributed by atoms with Crippen molar-refractivity contribution >= 4 is 17.3 Å². The smallest absolute Gasteiger partial charge is 0.241 e. The monoisotopic (exact) mass is 317 g/mol. The van der Waals surface area contributed by atoms with Crippen LogP contribution in [0.2, 0.25) is 0 Å². The van der Waals surface area contributed by atoms with E-state index in [-0.39, 0.29) is 11.9 Å². The summed E-state index contributed by atoms with van der Waals surface area (Å²) >= 11 is 0. The van der Waals surface area contributed by atoms with Crippen molar-refractivity contribution in [3.05, 3.63) is 24.3 Å². The molecular weight excluding hydrogens is 286 g/mol. The lowest BCUT2D eigenvalue weighted by Gasteiger charge is -2.26. The molecule has 1 amide bonds. The highest BCUT2D eigenvalue weighted by atomic mass is 16.2. The van der Waals surface area contributed by atoms with Gasteiger partial charge < -0.3 is 10.2 Å². The molecule has 1 heterocycles. The van der Waals surface area contributed by atoms with E-state index in [1.54, 1.807) is 0 Å². The fraction of sp³-hybridized carbons (Fsp3) is 0.632. The number of hydrogen-bond acceptors (Lipinski definition) is 3. The normalized spacial score (nSPS) is 17.3. The summed E-state index contributed by atoms with van der Waals surface area (Å²) in [5.41, 5.74) is 2.08. The third-order valence-corrected chi connectivity index (χ3v) is 4.83. The fourth-order valence-corrected chi connectivity index (χ4v) is 3.24. The maximum atomic E-state index is 12.5. The van der Waals surface area contributed by atoms with Gasteiger partial charge in [0.2, 0.25) is 5.91 Å². The zero-order valence-electron chi connectivity index (χ0n) is 14.8. The molecule has 0 radical (unpaired) electrons. The van der Waals surface area contributed by atoms with E-state index in [0.29, 0.717) is 0 Å². The summed E-state index contributed by atoms with van der Waals surface area (Å²) in [6, 6.07) is 8.11. The van der Waals surface area contributed by atoms with E-state index in [1.165, 1.54) is 31.4 Å². The number of likely N-dealkylation sites (tertiary alicyclic amines) is 1. The molecule has 0 bridgehead atoms. The third-order valence-electron chi connectivity index (χ3n) is 4.83. The lowest BCUT2D eigenvalue weighted by molar-refractivity contribution is -0.120. The van der Waals surface area contributed by atoms with Crippen LogP contribution in [0.4, 0.5) is 11.4 Å². The number of rotatable bonds is 6. The Bertz CT molecular complexity index is 474. The molecule has 4 heteroatoms. The molecule has 1 saturated heterocycles. The van der Waals surface area contributed by atoms with Crippen LogP contribution in [-0.4, -0.2) is 43.0 Å². The van der Waals surface area contributed by atoms with E-state index >= 15 is 0 Å². The molecule has 2 rings (SSSR count). The van der Waals surface area contributed by atoms with Crippen molar-refractivity contribution < 1.29 is 4.79 Å². The molecule has 1 unspecified atom stereocenters. The van der Waals surface area contributed by atoms with Crippen LogP contribution >= 0.6 is 0 Å². The average molecular weight is 317 g/mol. The Balaban J connectivity index is 1.93. The molecule has 1 aliphatic heterocycles. The maximum Gasteiger partial charge on any atom is 0.241 e. The number of hydrogen-bond donors (Lipinski definition) is 1. The largest absolute Gasteiger partial charge is 0.372 e. The van der Waals surface area contributed by atoms with Gasteiger partial charge in [-0.15, -0.1) is 0 Å². The highest BCUT2D eigenvalue weighted by molar-refractivity contribution is 5.94. The molecule has 1 aromatic carbocycles. The van der Waals surface area contributed by atoms with Gasteiger partial charge in [0.15, 0.2) is 0 Å². The van der Waals surface area contributed by atoms with Gasteiger partial charge in [0, 0.05) is 24.5 Å². The van der Waals surface area contributed by atoms with Gasteiger partial charge in [-0.25, -0.2) is 0 Å². The summed E-state index contributed by atoms with van der Waals surface area (Å²) in [6.45, 7) is 10.4. The van der Waals surface area contributed by atoms with Crippen molar-refractivity contribution in [1.29, 1.82) is 0 Å². The predicted molar refractivity (Wildman–Crippen MR) is 98.1 cm³/mol. The van der Waals surface area contributed by atoms with Gasteiger partial charge in [-0.05, 0) is 71.0 Å². The molecule has 1 N–H and O–H groups in total. The number of benzene rings is 1. The second-order valence-corrected chi connectivity index (χ2v) is 6.33. The van der Waals surface area contributed by atoms with E-state index in [2.05, 4.69) is 41.1 Å². The van der Waals surface area contributed by atoms with Crippen molar-refractivity contribution in [2.24, 2.45) is 0 Å². The van der Waals surface area contributed by atoms with Crippen molar-refractivity contribution in [3.8, 4) is 0 Å². The molecule has 1 fully saturated rings. The number of nitrogens with one attached hydrogen (secondary N) is 1. The molecule has 0 spiro atoms. The van der Waals surface area contributed by atoms with E-state index in [0.717, 1.165) is 31.9 Å². The van der Waals surface area contributed by atoms with Gasteiger partial charge in [0.25, 0.3) is 0 Å². The predicted octanol–water partition coefficient (Wildman–Crippen LogP) is 3.74. The summed E-state index contributed by atoms with van der Waals surface area (Å²) in [5.74, 6) is 0.0995. The summed E-state index contributed by atoms with van der Waals surface area (Å²) < 4.78 is 0. The van der Waals surface area contributed by atoms with Crippen LogP contribution in [0.5, 0.6) is 0 Å². The molecule has 128 valence electrons. The molecular formula is C19H31N3O. The van der Waals surface area contributed by atoms with Crippen molar-refractivity contribution in [3.63, 3.8) is 0 Å². The van der Waals surface area contributed by atoms with E-state index < -0.39 is 0 Å². The topological polar surface area (TPSA) is 35.6 Å². The number of anilines is 2. The van der Waals surface area contributed by atoms with E-state index in [4.69, 9.17) is 0 Å². The first kappa shape index (κ1) is 17.8. The number of amides is 1. The first-order chi connectivity index (χ1) is 11.2. The van der Waals surface area contributed by atoms with E-state index in [9.17, 15) is 4.79 Å². The molecule has 1 aliphatic rings. The second kappa shape index (κ2) is 8.92. The quantitative estimate of drug-likeness (QED) is 0.868. The van der Waals surface area contributed by atoms with Crippen LogP contribution in [0.15, 0.2) is 24.3 Å². The van der Waals surface area contributed by atoms with E-state index in [1.807, 2.05) is 19.1 Å². The third kappa shape index (κ3) is 4.96. The number of carbonyl (C=O) groups is 1. The van der Waals surface area contributed by atoms with Gasteiger partial charge in [-0.1, -0.05) is 12.8 Å². The van der Waals surface area contributed by atoms with Crippen LogP contribution < -0.4 is 10.2 Å². The average Bonchev–Trinajstić information content (AvgIpc) is 2.86. The van der Waals surface area contributed by atoms with Gasteiger partial charge in [-0.2, -0.15) is 0 Å². The Kier molecular flexibility index (Phi) is 6.90. The molecule has 4 nitrogen and oxygen atoms in total. The molecule has 0 saturated carbocycles. The van der Waals surface area contributed by atoms with Crippen LogP contribution in [0.25, 0.3) is 0 Å². The Morgan fingerprint density at radius 1 is 1.09 bits per heavy atom. The highest BCUT2D eigenvalue weighted by Crippen LogP contribution is 2.19. The molecule has 0 aliphatic carbocycles. The Hall–Kier alpha value is -1.55. The minimum absolute atomic E-state index is 0.0597. The van der Waals surface area contributed by atoms with Gasteiger partial charge in [-0.3, -0.25) is 9.69 Å². The second-order valence-electron chi connectivity index (χ2n) is 6.33. The number of nitrogens with zero attached hydrogens (tertiary/aromatic N) is 2. The van der Waals surface area contributed by atoms with Crippen molar-refractivity contribution in [2.45, 2.75) is 52.5 Å². The van der Waals surface area contributed by atoms with Gasteiger partial charge in [0.05, 0.1) is 6.04 Å². The van der Waals surface area contributed by atoms with Crippen LogP contribution in [0, 0.1) is 0 Å². The molecule has 1 atom stereocenters. The first-order valence-corrected chi connectivity index (χ1v) is 9.05. The highest BCUT2D eigenvalue weighted by Gasteiger charge is 2.22. The zero-order valence-corrected chi connectivity index (χ0v) is 14.8. The first-order valence-electron chi connectivity index (χ1n) is 9.05. The Morgan fingerprint density at radius 2 is 1.65 bits per heavy atom. The minimum Gasteiger partial charge on any atom is -0.372 e. The zero-order chi connectivity index (χ0) is 16.7. The summed E-state index contributed by atoms with van der Waals surface area (Å²) in [5, 5.41) is 3.06. The van der Waals surface area contributed by atoms with Gasteiger partial charge >= 0.3 is 0 Å². The molecule has 23 heavy (non-hydrogen) atoms. The summed E-state index contributed by atoms with van der Waals surface area (Å²) in [4.78, 5) is 17.1. The Labute approximate surface area is 140 Å². The van der Waals surface area contributed by atoms with Crippen LogP contribution in [-0.2, 0) is 4.79 Å². The molecule has 0 aromatic heterocycles. The lowest BCUT2D eigenvalue weighted by Crippen LogP contribution is -2.42. The Morgan fingerprint density at radius 3 is 2.17 bits per heavy atom. The standard InChI is InChI=1S/C19H31N3O/c1-4-21(5-2)18-12-10-17(11-13-18)20-19(23)16(3)22-14-8-6-7-9-15-22/h10-13,16H,4-9,14-15H2,1-3H3,(H,20,23). The lowest BCUT2D eigenvalue weighted by atomic mass is 10.2. The molecule has 1 aromatic rings. The fourth-order valence-electron chi connectivity index (χ4n) is 3.24. The summed E-state index contributed by atoms with van der Waals surface area (Å²) in [6.07, 6.45) is 4.99. The summed E-state index contributed by atoms with van der Waals surface area (Å²) in [7, 11) is 0. The van der Waals surface area contributed by atoms with Crippen LogP contribution in [0.1, 0.15) is 46.5 Å². The van der Waals surface area contributed by atoms with Crippen molar-refractivity contribution in [2.75, 3.05) is 36.4 Å². The maximum absolute atomic E-state index is 12.5. The minimum atomic E-state index is -0.0597.